The fourth-order valence-corrected chi connectivity index (χ4v) is 5.17. The van der Waals surface area contributed by atoms with Crippen molar-refractivity contribution in [2.75, 3.05) is 12.8 Å². The van der Waals surface area contributed by atoms with Gasteiger partial charge in [0.05, 0.1) is 18.0 Å². The highest BCUT2D eigenvalue weighted by atomic mass is 32.2. The first-order valence-corrected chi connectivity index (χ1v) is 12.1. The van der Waals surface area contributed by atoms with Crippen LogP contribution in [0.1, 0.15) is 27.3 Å². The van der Waals surface area contributed by atoms with E-state index in [1.54, 1.807) is 6.26 Å². The third-order valence-corrected chi connectivity index (χ3v) is 7.40. The molecule has 1 aliphatic rings. The SMILES string of the molecule is CSc1cncc(C(=O)N[C@H]2C[C@@H](C(=O)O)N(C(=O)c3ccsc3S(N)(=O)=O)C2)n1. The van der Waals surface area contributed by atoms with Crippen molar-refractivity contribution in [3.8, 4) is 0 Å². The van der Waals surface area contributed by atoms with Crippen LogP contribution in [0.4, 0.5) is 0 Å². The maximum atomic E-state index is 12.9. The number of thiophene rings is 1. The van der Waals surface area contributed by atoms with E-state index < -0.39 is 39.9 Å². The Labute approximate surface area is 179 Å². The first kappa shape index (κ1) is 22.1. The van der Waals surface area contributed by atoms with Gasteiger partial charge in [-0.15, -0.1) is 23.1 Å². The lowest BCUT2D eigenvalue weighted by atomic mass is 10.1. The van der Waals surface area contributed by atoms with Gasteiger partial charge in [-0.1, -0.05) is 0 Å². The van der Waals surface area contributed by atoms with Crippen LogP contribution >= 0.6 is 23.1 Å². The number of carbonyl (C=O) groups is 3. The Kier molecular flexibility index (Phi) is 6.40. The summed E-state index contributed by atoms with van der Waals surface area (Å²) in [7, 11) is -4.14. The maximum absolute atomic E-state index is 12.9. The summed E-state index contributed by atoms with van der Waals surface area (Å²) in [5.41, 5.74) is -0.132. The fraction of sp³-hybridized carbons (Fsp3) is 0.312. The van der Waals surface area contributed by atoms with Gasteiger partial charge in [0, 0.05) is 19.0 Å². The van der Waals surface area contributed by atoms with Gasteiger partial charge in [-0.05, 0) is 17.7 Å². The van der Waals surface area contributed by atoms with Crippen LogP contribution in [0.15, 0.2) is 33.1 Å². The van der Waals surface area contributed by atoms with E-state index in [2.05, 4.69) is 15.3 Å². The zero-order valence-corrected chi connectivity index (χ0v) is 18.0. The van der Waals surface area contributed by atoms with Gasteiger partial charge in [0.25, 0.3) is 11.8 Å². The number of hydrogen-bond acceptors (Lipinski definition) is 9. The Morgan fingerprint density at radius 2 is 2.10 bits per heavy atom. The van der Waals surface area contributed by atoms with Crippen LogP contribution in [0.3, 0.4) is 0 Å². The number of nitrogens with two attached hydrogens (primary N) is 1. The number of nitrogens with one attached hydrogen (secondary N) is 1. The zero-order chi connectivity index (χ0) is 22.1. The smallest absolute Gasteiger partial charge is 0.326 e. The van der Waals surface area contributed by atoms with Crippen molar-refractivity contribution >= 4 is 50.9 Å². The van der Waals surface area contributed by atoms with Gasteiger partial charge in [-0.3, -0.25) is 14.6 Å². The van der Waals surface area contributed by atoms with E-state index >= 15 is 0 Å². The summed E-state index contributed by atoms with van der Waals surface area (Å²) >= 11 is 2.08. The lowest BCUT2D eigenvalue weighted by Gasteiger charge is -2.21. The second-order valence-corrected chi connectivity index (χ2v) is 9.83. The van der Waals surface area contributed by atoms with Crippen LogP contribution in [0, 0.1) is 0 Å². The summed E-state index contributed by atoms with van der Waals surface area (Å²) in [4.78, 5) is 46.1. The number of primary sulfonamides is 1. The Hall–Kier alpha value is -2.55. The molecule has 14 heteroatoms. The molecule has 0 spiro atoms. The van der Waals surface area contributed by atoms with Gasteiger partial charge >= 0.3 is 5.97 Å². The molecular formula is C16H17N5O6S3. The number of rotatable bonds is 6. The molecule has 3 heterocycles. The second kappa shape index (κ2) is 8.67. The lowest BCUT2D eigenvalue weighted by Crippen LogP contribution is -2.42. The van der Waals surface area contributed by atoms with Crippen molar-refractivity contribution in [2.24, 2.45) is 5.14 Å². The highest BCUT2D eigenvalue weighted by Gasteiger charge is 2.42. The fourth-order valence-electron chi connectivity index (χ4n) is 3.04. The number of amides is 2. The predicted octanol–water partition coefficient (Wildman–Crippen LogP) is 0.00510. The third-order valence-electron chi connectivity index (χ3n) is 4.35. The van der Waals surface area contributed by atoms with Gasteiger partial charge in [-0.2, -0.15) is 0 Å². The van der Waals surface area contributed by atoms with E-state index in [9.17, 15) is 27.9 Å². The molecule has 0 bridgehead atoms. The molecule has 4 N–H and O–H groups in total. The predicted molar refractivity (Wildman–Crippen MR) is 108 cm³/mol. The second-order valence-electron chi connectivity index (χ2n) is 6.33. The standard InChI is InChI=1S/C16H17N5O6S3/c1-28-12-6-18-5-10(20-12)13(22)19-8-4-11(15(24)25)21(7-8)14(23)9-2-3-29-16(9)30(17,26)27/h2-3,5-6,8,11H,4,7H2,1H3,(H,19,22)(H,24,25)(H2,17,26,27)/t8-,11-/m0/s1. The molecule has 11 nitrogen and oxygen atoms in total. The molecule has 1 fully saturated rings. The topological polar surface area (TPSA) is 173 Å². The average Bonchev–Trinajstić information content (AvgIpc) is 3.34. The summed E-state index contributed by atoms with van der Waals surface area (Å²) in [6.45, 7) is -0.114. The van der Waals surface area contributed by atoms with Crippen LogP contribution in [0.2, 0.25) is 0 Å². The van der Waals surface area contributed by atoms with Crippen LogP contribution in [-0.4, -0.2) is 71.1 Å². The Morgan fingerprint density at radius 3 is 2.73 bits per heavy atom. The minimum Gasteiger partial charge on any atom is -0.480 e. The van der Waals surface area contributed by atoms with E-state index in [1.165, 1.54) is 35.6 Å². The molecule has 3 rings (SSSR count). The van der Waals surface area contributed by atoms with Crippen LogP contribution in [-0.2, 0) is 14.8 Å². The van der Waals surface area contributed by atoms with E-state index in [0.717, 1.165) is 16.2 Å². The summed E-state index contributed by atoms with van der Waals surface area (Å²) in [5, 5.41) is 19.2. The Bertz CT molecular complexity index is 1100. The normalized spacial score (nSPS) is 18.9. The number of hydrogen-bond donors (Lipinski definition) is 3. The van der Waals surface area contributed by atoms with Crippen molar-refractivity contribution in [1.82, 2.24) is 20.2 Å². The first-order chi connectivity index (χ1) is 14.1. The third kappa shape index (κ3) is 4.61. The van der Waals surface area contributed by atoms with Gasteiger partial charge in [0.1, 0.15) is 21.0 Å². The Morgan fingerprint density at radius 1 is 1.37 bits per heavy atom. The van der Waals surface area contributed by atoms with Gasteiger partial charge in [0.2, 0.25) is 10.0 Å². The minimum absolute atomic E-state index is 0.0443. The number of nitrogens with zero attached hydrogens (tertiary/aromatic N) is 3. The van der Waals surface area contributed by atoms with Crippen molar-refractivity contribution in [1.29, 1.82) is 0 Å². The van der Waals surface area contributed by atoms with Crippen molar-refractivity contribution in [2.45, 2.75) is 27.7 Å². The minimum atomic E-state index is -4.14. The van der Waals surface area contributed by atoms with Crippen molar-refractivity contribution < 1.29 is 27.9 Å². The highest BCUT2D eigenvalue weighted by Crippen LogP contribution is 2.27. The number of carboxylic acid groups (broad SMARTS) is 1. The summed E-state index contributed by atoms with van der Waals surface area (Å²) in [6, 6.07) is -0.625. The first-order valence-electron chi connectivity index (χ1n) is 8.42. The quantitative estimate of drug-likeness (QED) is 0.490. The molecule has 30 heavy (non-hydrogen) atoms. The molecule has 0 radical (unpaired) electrons. The van der Waals surface area contributed by atoms with E-state index in [0.29, 0.717) is 5.03 Å². The molecule has 0 saturated carbocycles. The molecule has 2 amide bonds. The molecule has 2 aromatic heterocycles. The number of aliphatic carboxylic acids is 1. The largest absolute Gasteiger partial charge is 0.480 e. The molecule has 1 saturated heterocycles. The summed E-state index contributed by atoms with van der Waals surface area (Å²) in [6.07, 6.45) is 4.52. The van der Waals surface area contributed by atoms with Crippen molar-refractivity contribution in [3.05, 3.63) is 35.1 Å². The lowest BCUT2D eigenvalue weighted by molar-refractivity contribution is -0.141. The zero-order valence-electron chi connectivity index (χ0n) is 15.5. The molecular weight excluding hydrogens is 454 g/mol. The summed E-state index contributed by atoms with van der Waals surface area (Å²) < 4.78 is 23.1. The average molecular weight is 472 g/mol. The van der Waals surface area contributed by atoms with E-state index in [4.69, 9.17) is 5.14 Å². The van der Waals surface area contributed by atoms with Crippen LogP contribution in [0.5, 0.6) is 0 Å². The van der Waals surface area contributed by atoms with E-state index in [-0.39, 0.29) is 28.4 Å². The van der Waals surface area contributed by atoms with E-state index in [1.807, 2.05) is 0 Å². The number of carbonyl (C=O) groups excluding carboxylic acids is 2. The maximum Gasteiger partial charge on any atom is 0.326 e. The number of thioether (sulfide) groups is 1. The van der Waals surface area contributed by atoms with Crippen LogP contribution in [0.25, 0.3) is 0 Å². The number of sulfonamides is 1. The number of aromatic nitrogens is 2. The molecule has 0 unspecified atom stereocenters. The monoisotopic (exact) mass is 471 g/mol. The van der Waals surface area contributed by atoms with Gasteiger partial charge < -0.3 is 15.3 Å². The van der Waals surface area contributed by atoms with Crippen molar-refractivity contribution in [3.63, 3.8) is 0 Å². The molecule has 160 valence electrons. The molecule has 2 atom stereocenters. The number of likely N-dealkylation sites (tertiary alicyclic amines) is 1. The number of carboxylic acids is 1. The Balaban J connectivity index is 1.80. The van der Waals surface area contributed by atoms with Gasteiger partial charge in [-0.25, -0.2) is 23.3 Å². The molecule has 0 aliphatic carbocycles. The van der Waals surface area contributed by atoms with Gasteiger partial charge in [0.15, 0.2) is 0 Å². The molecule has 2 aromatic rings. The highest BCUT2D eigenvalue weighted by molar-refractivity contribution is 7.98. The molecule has 0 aromatic carbocycles. The summed E-state index contributed by atoms with van der Waals surface area (Å²) in [5.74, 6) is -2.60. The molecule has 1 aliphatic heterocycles. The van der Waals surface area contributed by atoms with Crippen LogP contribution < -0.4 is 10.5 Å².